The van der Waals surface area contributed by atoms with E-state index < -0.39 is 0 Å². The van der Waals surface area contributed by atoms with Gasteiger partial charge in [0.2, 0.25) is 0 Å². The van der Waals surface area contributed by atoms with Gasteiger partial charge in [-0.15, -0.1) is 0 Å². The summed E-state index contributed by atoms with van der Waals surface area (Å²) in [5.41, 5.74) is 4.74. The molecule has 3 aromatic rings. The van der Waals surface area contributed by atoms with Crippen molar-refractivity contribution in [1.82, 2.24) is 4.90 Å². The van der Waals surface area contributed by atoms with E-state index in [0.29, 0.717) is 5.57 Å². The number of hydrogen-bond donors (Lipinski definition) is 0. The van der Waals surface area contributed by atoms with Crippen LogP contribution < -0.4 is 0 Å². The van der Waals surface area contributed by atoms with E-state index in [9.17, 15) is 4.79 Å². The Morgan fingerprint density at radius 1 is 0.704 bits per heavy atom. The summed E-state index contributed by atoms with van der Waals surface area (Å²) in [4.78, 5) is 14.5. The summed E-state index contributed by atoms with van der Waals surface area (Å²) in [6.45, 7) is 0. The summed E-state index contributed by atoms with van der Waals surface area (Å²) in [5, 5.41) is 0. The van der Waals surface area contributed by atoms with Crippen molar-refractivity contribution in [2.45, 2.75) is 0 Å². The Bertz CT molecular complexity index is 939. The van der Waals surface area contributed by atoms with E-state index in [2.05, 4.69) is 30.3 Å². The number of benzene rings is 3. The SMILES string of the molecule is CN(C)C(=O)/C(=C\C(=C\c1ccccc1)c1ccccc1)c1ccccc1. The van der Waals surface area contributed by atoms with Crippen LogP contribution >= 0.6 is 0 Å². The highest BCUT2D eigenvalue weighted by Gasteiger charge is 2.15. The summed E-state index contributed by atoms with van der Waals surface area (Å²) < 4.78 is 0. The molecule has 0 saturated carbocycles. The minimum Gasteiger partial charge on any atom is -0.345 e. The summed E-state index contributed by atoms with van der Waals surface area (Å²) in [6.07, 6.45) is 4.10. The number of nitrogens with zero attached hydrogens (tertiary/aromatic N) is 1. The second kappa shape index (κ2) is 8.81. The first kappa shape index (κ1) is 18.4. The molecule has 0 radical (unpaired) electrons. The predicted octanol–water partition coefficient (Wildman–Crippen LogP) is 5.40. The minimum atomic E-state index is -0.0175. The highest BCUT2D eigenvalue weighted by molar-refractivity contribution is 6.21. The fraction of sp³-hybridized carbons (Fsp3) is 0.0800. The highest BCUT2D eigenvalue weighted by Crippen LogP contribution is 2.26. The molecule has 0 aliphatic carbocycles. The number of carbonyl (C=O) groups is 1. The van der Waals surface area contributed by atoms with Crippen LogP contribution in [0.1, 0.15) is 16.7 Å². The lowest BCUT2D eigenvalue weighted by molar-refractivity contribution is -0.122. The van der Waals surface area contributed by atoms with Crippen LogP contribution in [-0.2, 0) is 4.79 Å². The summed E-state index contributed by atoms with van der Waals surface area (Å²) >= 11 is 0. The maximum absolute atomic E-state index is 12.9. The lowest BCUT2D eigenvalue weighted by atomic mass is 9.96. The fourth-order valence-electron chi connectivity index (χ4n) is 2.85. The quantitative estimate of drug-likeness (QED) is 0.342. The molecule has 0 aliphatic heterocycles. The molecule has 0 atom stereocenters. The van der Waals surface area contributed by atoms with Gasteiger partial charge in [-0.2, -0.15) is 0 Å². The largest absolute Gasteiger partial charge is 0.345 e. The van der Waals surface area contributed by atoms with Crippen LogP contribution in [0.3, 0.4) is 0 Å². The van der Waals surface area contributed by atoms with Crippen LogP contribution in [0.4, 0.5) is 0 Å². The number of amides is 1. The Morgan fingerprint density at radius 2 is 1.19 bits per heavy atom. The number of allylic oxidation sites excluding steroid dienone is 2. The average Bonchev–Trinajstić information content (AvgIpc) is 2.72. The average molecular weight is 353 g/mol. The lowest BCUT2D eigenvalue weighted by Crippen LogP contribution is -2.22. The van der Waals surface area contributed by atoms with Crippen LogP contribution in [0.15, 0.2) is 97.1 Å². The third-order valence-electron chi connectivity index (χ3n) is 4.25. The van der Waals surface area contributed by atoms with Crippen molar-refractivity contribution in [1.29, 1.82) is 0 Å². The Kier molecular flexibility index (Phi) is 6.01. The van der Waals surface area contributed by atoms with Gasteiger partial charge in [0.05, 0.1) is 0 Å². The van der Waals surface area contributed by atoms with Gasteiger partial charge in [0.15, 0.2) is 0 Å². The summed E-state index contributed by atoms with van der Waals surface area (Å²) in [6, 6.07) is 30.1. The first-order valence-corrected chi connectivity index (χ1v) is 8.96. The molecule has 3 aromatic carbocycles. The molecule has 0 aromatic heterocycles. The van der Waals surface area contributed by atoms with Gasteiger partial charge in [0.1, 0.15) is 0 Å². The number of rotatable bonds is 5. The molecule has 0 aliphatic rings. The monoisotopic (exact) mass is 353 g/mol. The lowest BCUT2D eigenvalue weighted by Gasteiger charge is -2.15. The summed E-state index contributed by atoms with van der Waals surface area (Å²) in [5.74, 6) is -0.0175. The molecule has 3 rings (SSSR count). The van der Waals surface area contributed by atoms with E-state index in [0.717, 1.165) is 22.3 Å². The molecular weight excluding hydrogens is 330 g/mol. The highest BCUT2D eigenvalue weighted by atomic mass is 16.2. The molecule has 0 saturated heterocycles. The van der Waals surface area contributed by atoms with Crippen LogP contribution in [0.5, 0.6) is 0 Å². The molecule has 0 heterocycles. The Morgan fingerprint density at radius 3 is 1.70 bits per heavy atom. The Balaban J connectivity index is 2.17. The second-order valence-electron chi connectivity index (χ2n) is 6.50. The molecule has 2 nitrogen and oxygen atoms in total. The molecule has 0 unspecified atom stereocenters. The van der Waals surface area contributed by atoms with Crippen molar-refractivity contribution in [3.05, 3.63) is 114 Å². The summed E-state index contributed by atoms with van der Waals surface area (Å²) in [7, 11) is 3.56. The van der Waals surface area contributed by atoms with Gasteiger partial charge in [0.25, 0.3) is 5.91 Å². The van der Waals surface area contributed by atoms with Crippen molar-refractivity contribution < 1.29 is 4.79 Å². The van der Waals surface area contributed by atoms with Crippen LogP contribution in [-0.4, -0.2) is 24.9 Å². The zero-order valence-corrected chi connectivity index (χ0v) is 15.7. The van der Waals surface area contributed by atoms with E-state index in [4.69, 9.17) is 0 Å². The Hall–Kier alpha value is -3.39. The molecular formula is C25H23NO. The standard InChI is InChI=1S/C25H23NO/c1-26(2)25(27)24(22-16-10-5-11-17-22)19-23(21-14-8-4-9-15-21)18-20-12-6-3-7-13-20/h3-19H,1-2H3/b23-18-,24-19-. The predicted molar refractivity (Wildman–Crippen MR) is 114 cm³/mol. The second-order valence-corrected chi connectivity index (χ2v) is 6.50. The van der Waals surface area contributed by atoms with Crippen molar-refractivity contribution in [3.63, 3.8) is 0 Å². The van der Waals surface area contributed by atoms with E-state index in [-0.39, 0.29) is 5.91 Å². The third kappa shape index (κ3) is 4.83. The van der Waals surface area contributed by atoms with Gasteiger partial charge in [0, 0.05) is 19.7 Å². The van der Waals surface area contributed by atoms with Gasteiger partial charge in [-0.1, -0.05) is 91.0 Å². The van der Waals surface area contributed by atoms with Crippen molar-refractivity contribution >= 4 is 23.1 Å². The molecule has 1 amide bonds. The van der Waals surface area contributed by atoms with E-state index in [1.165, 1.54) is 0 Å². The van der Waals surface area contributed by atoms with Crippen molar-refractivity contribution in [3.8, 4) is 0 Å². The molecule has 0 bridgehead atoms. The van der Waals surface area contributed by atoms with E-state index >= 15 is 0 Å². The van der Waals surface area contributed by atoms with Crippen LogP contribution in [0, 0.1) is 0 Å². The van der Waals surface area contributed by atoms with Gasteiger partial charge >= 0.3 is 0 Å². The zero-order valence-electron chi connectivity index (χ0n) is 15.7. The molecule has 0 fully saturated rings. The molecule has 134 valence electrons. The van der Waals surface area contributed by atoms with Crippen LogP contribution in [0.25, 0.3) is 17.2 Å². The molecule has 27 heavy (non-hydrogen) atoms. The minimum absolute atomic E-state index is 0.0175. The molecule has 0 spiro atoms. The topological polar surface area (TPSA) is 20.3 Å². The third-order valence-corrected chi connectivity index (χ3v) is 4.25. The first-order valence-electron chi connectivity index (χ1n) is 8.96. The smallest absolute Gasteiger partial charge is 0.253 e. The van der Waals surface area contributed by atoms with Crippen molar-refractivity contribution in [2.24, 2.45) is 0 Å². The first-order chi connectivity index (χ1) is 13.1. The van der Waals surface area contributed by atoms with E-state index in [1.54, 1.807) is 19.0 Å². The number of likely N-dealkylation sites (N-methyl/N-ethyl adjacent to an activating group) is 1. The maximum Gasteiger partial charge on any atom is 0.253 e. The Labute approximate surface area is 161 Å². The zero-order chi connectivity index (χ0) is 19.1. The van der Waals surface area contributed by atoms with Crippen molar-refractivity contribution in [2.75, 3.05) is 14.1 Å². The van der Waals surface area contributed by atoms with Gasteiger partial charge < -0.3 is 4.90 Å². The van der Waals surface area contributed by atoms with E-state index in [1.807, 2.05) is 72.8 Å². The molecule has 0 N–H and O–H groups in total. The van der Waals surface area contributed by atoms with Crippen LogP contribution in [0.2, 0.25) is 0 Å². The normalized spacial score (nSPS) is 11.9. The number of hydrogen-bond acceptors (Lipinski definition) is 1. The maximum atomic E-state index is 12.9. The van der Waals surface area contributed by atoms with Gasteiger partial charge in [-0.25, -0.2) is 0 Å². The fourth-order valence-corrected chi connectivity index (χ4v) is 2.85. The number of carbonyl (C=O) groups excluding carboxylic acids is 1. The van der Waals surface area contributed by atoms with Gasteiger partial charge in [-0.05, 0) is 34.4 Å². The molecule has 2 heteroatoms. The van der Waals surface area contributed by atoms with Gasteiger partial charge in [-0.3, -0.25) is 4.79 Å².